The molecular weight excluding hydrogens is 250 g/mol. The zero-order valence-corrected chi connectivity index (χ0v) is 12.0. The van der Waals surface area contributed by atoms with Crippen molar-refractivity contribution in [3.05, 3.63) is 59.7 Å². The fourth-order valence-corrected chi connectivity index (χ4v) is 2.24. The first kappa shape index (κ1) is 14.4. The topological polar surface area (TPSA) is 41.5 Å². The molecule has 0 saturated carbocycles. The minimum Gasteiger partial charge on any atom is -0.508 e. The average Bonchev–Trinajstić information content (AvgIpc) is 2.47. The second kappa shape index (κ2) is 6.96. The smallest absolute Gasteiger partial charge is 0.119 e. The van der Waals surface area contributed by atoms with Gasteiger partial charge in [-0.05, 0) is 55.8 Å². The van der Waals surface area contributed by atoms with Crippen molar-refractivity contribution in [3.63, 3.8) is 0 Å². The average molecular weight is 271 g/mol. The molecule has 2 rings (SSSR count). The number of hydrogen-bond donors (Lipinski definition) is 2. The summed E-state index contributed by atoms with van der Waals surface area (Å²) in [6.45, 7) is 2.66. The van der Waals surface area contributed by atoms with Crippen LogP contribution in [0.1, 0.15) is 24.1 Å². The minimum absolute atomic E-state index is 0.222. The van der Waals surface area contributed by atoms with Crippen molar-refractivity contribution in [3.8, 4) is 11.5 Å². The Balaban J connectivity index is 2.15. The largest absolute Gasteiger partial charge is 0.508 e. The molecule has 2 N–H and O–H groups in total. The van der Waals surface area contributed by atoms with Crippen molar-refractivity contribution >= 4 is 0 Å². The van der Waals surface area contributed by atoms with E-state index in [0.717, 1.165) is 12.2 Å². The highest BCUT2D eigenvalue weighted by Gasteiger charge is 2.11. The maximum Gasteiger partial charge on any atom is 0.119 e. The molecule has 0 saturated heterocycles. The fourth-order valence-electron chi connectivity index (χ4n) is 2.24. The second-order valence-electron chi connectivity index (χ2n) is 4.72. The Bertz CT molecular complexity index is 537. The maximum absolute atomic E-state index is 9.33. The summed E-state index contributed by atoms with van der Waals surface area (Å²) in [4.78, 5) is 0. The van der Waals surface area contributed by atoms with Crippen molar-refractivity contribution in [1.29, 1.82) is 0 Å². The van der Waals surface area contributed by atoms with E-state index in [1.165, 1.54) is 11.1 Å². The lowest BCUT2D eigenvalue weighted by Crippen LogP contribution is -2.18. The van der Waals surface area contributed by atoms with Crippen molar-refractivity contribution in [1.82, 2.24) is 5.32 Å². The monoisotopic (exact) mass is 271 g/mol. The van der Waals surface area contributed by atoms with Gasteiger partial charge < -0.3 is 15.2 Å². The van der Waals surface area contributed by atoms with Crippen molar-refractivity contribution < 1.29 is 9.84 Å². The van der Waals surface area contributed by atoms with E-state index in [1.54, 1.807) is 12.1 Å². The van der Waals surface area contributed by atoms with Crippen LogP contribution in [-0.4, -0.2) is 18.8 Å². The normalized spacial score (nSPS) is 12.1. The Morgan fingerprint density at radius 1 is 1.15 bits per heavy atom. The van der Waals surface area contributed by atoms with E-state index in [-0.39, 0.29) is 6.04 Å². The van der Waals surface area contributed by atoms with Crippen molar-refractivity contribution in [2.45, 2.75) is 19.4 Å². The number of ether oxygens (including phenoxy) is 1. The van der Waals surface area contributed by atoms with E-state index in [0.29, 0.717) is 12.4 Å². The summed E-state index contributed by atoms with van der Waals surface area (Å²) in [5.74, 6) is 1.20. The molecule has 3 nitrogen and oxygen atoms in total. The molecule has 0 radical (unpaired) electrons. The molecule has 2 aromatic carbocycles. The van der Waals surface area contributed by atoms with Crippen LogP contribution >= 0.6 is 0 Å². The summed E-state index contributed by atoms with van der Waals surface area (Å²) < 4.78 is 5.55. The van der Waals surface area contributed by atoms with Gasteiger partial charge in [-0.15, -0.1) is 0 Å². The first-order valence-electron chi connectivity index (χ1n) is 6.91. The first-order valence-corrected chi connectivity index (χ1v) is 6.91. The molecule has 0 spiro atoms. The van der Waals surface area contributed by atoms with Gasteiger partial charge in [-0.2, -0.15) is 0 Å². The SMILES string of the molecule is CCOc1cccc(C(Cc2ccc(O)cc2)NC)c1. The Labute approximate surface area is 120 Å². The number of likely N-dealkylation sites (N-methyl/N-ethyl adjacent to an activating group) is 1. The third kappa shape index (κ3) is 3.75. The molecule has 2 aromatic rings. The number of phenols is 1. The predicted molar refractivity (Wildman–Crippen MR) is 81.2 cm³/mol. The third-order valence-electron chi connectivity index (χ3n) is 3.30. The van der Waals surface area contributed by atoms with Gasteiger partial charge in [0.1, 0.15) is 11.5 Å². The number of rotatable bonds is 6. The van der Waals surface area contributed by atoms with Crippen LogP contribution in [0.4, 0.5) is 0 Å². The highest BCUT2D eigenvalue weighted by molar-refractivity contribution is 5.33. The van der Waals surface area contributed by atoms with Crippen molar-refractivity contribution in [2.24, 2.45) is 0 Å². The summed E-state index contributed by atoms with van der Waals surface area (Å²) in [6.07, 6.45) is 0.867. The zero-order chi connectivity index (χ0) is 14.4. The molecule has 20 heavy (non-hydrogen) atoms. The predicted octanol–water partition coefficient (Wildman–Crippen LogP) is 3.29. The second-order valence-corrected chi connectivity index (χ2v) is 4.72. The third-order valence-corrected chi connectivity index (χ3v) is 3.30. The summed E-state index contributed by atoms with van der Waals surface area (Å²) in [7, 11) is 1.96. The molecule has 0 aromatic heterocycles. The quantitative estimate of drug-likeness (QED) is 0.847. The summed E-state index contributed by atoms with van der Waals surface area (Å²) in [5, 5.41) is 12.7. The van der Waals surface area contributed by atoms with Crippen LogP contribution in [0, 0.1) is 0 Å². The number of benzene rings is 2. The Morgan fingerprint density at radius 2 is 1.90 bits per heavy atom. The molecule has 0 aliphatic rings. The number of phenolic OH excluding ortho intramolecular Hbond substituents is 1. The summed E-state index contributed by atoms with van der Waals surface area (Å²) in [5.41, 5.74) is 2.38. The van der Waals surface area contributed by atoms with Gasteiger partial charge in [0.05, 0.1) is 6.61 Å². The van der Waals surface area contributed by atoms with Crippen LogP contribution in [0.3, 0.4) is 0 Å². The highest BCUT2D eigenvalue weighted by atomic mass is 16.5. The van der Waals surface area contributed by atoms with Gasteiger partial charge >= 0.3 is 0 Å². The van der Waals surface area contributed by atoms with Crippen LogP contribution in [0.15, 0.2) is 48.5 Å². The molecule has 1 atom stereocenters. The van der Waals surface area contributed by atoms with Crippen LogP contribution < -0.4 is 10.1 Å². The Kier molecular flexibility index (Phi) is 5.02. The van der Waals surface area contributed by atoms with Crippen LogP contribution in [0.25, 0.3) is 0 Å². The molecule has 0 bridgehead atoms. The van der Waals surface area contributed by atoms with E-state index < -0.39 is 0 Å². The summed E-state index contributed by atoms with van der Waals surface area (Å²) >= 11 is 0. The minimum atomic E-state index is 0.222. The lowest BCUT2D eigenvalue weighted by atomic mass is 9.99. The Morgan fingerprint density at radius 3 is 2.55 bits per heavy atom. The van der Waals surface area contributed by atoms with Crippen LogP contribution in [0.5, 0.6) is 11.5 Å². The fraction of sp³-hybridized carbons (Fsp3) is 0.294. The Hall–Kier alpha value is -2.00. The van der Waals surface area contributed by atoms with Gasteiger partial charge in [-0.3, -0.25) is 0 Å². The van der Waals surface area contributed by atoms with Crippen LogP contribution in [0.2, 0.25) is 0 Å². The molecule has 0 heterocycles. The van der Waals surface area contributed by atoms with E-state index >= 15 is 0 Å². The molecule has 0 aliphatic heterocycles. The van der Waals surface area contributed by atoms with Gasteiger partial charge in [0.2, 0.25) is 0 Å². The van der Waals surface area contributed by atoms with Gasteiger partial charge in [0.15, 0.2) is 0 Å². The molecule has 1 unspecified atom stereocenters. The van der Waals surface area contributed by atoms with E-state index in [4.69, 9.17) is 4.74 Å². The molecule has 0 amide bonds. The number of hydrogen-bond acceptors (Lipinski definition) is 3. The molecule has 0 fully saturated rings. The van der Waals surface area contributed by atoms with Crippen LogP contribution in [-0.2, 0) is 6.42 Å². The highest BCUT2D eigenvalue weighted by Crippen LogP contribution is 2.23. The lowest BCUT2D eigenvalue weighted by Gasteiger charge is -2.18. The molecule has 3 heteroatoms. The van der Waals surface area contributed by atoms with Gasteiger partial charge in [0.25, 0.3) is 0 Å². The molecule has 0 aliphatic carbocycles. The standard InChI is InChI=1S/C17H21NO2/c1-3-20-16-6-4-5-14(12-16)17(18-2)11-13-7-9-15(19)10-8-13/h4-10,12,17-19H,3,11H2,1-2H3. The van der Waals surface area contributed by atoms with Gasteiger partial charge in [-0.1, -0.05) is 24.3 Å². The first-order chi connectivity index (χ1) is 9.72. The molecular formula is C17H21NO2. The number of aromatic hydroxyl groups is 1. The lowest BCUT2D eigenvalue weighted by molar-refractivity contribution is 0.339. The molecule has 106 valence electrons. The van der Waals surface area contributed by atoms with E-state index in [9.17, 15) is 5.11 Å². The van der Waals surface area contributed by atoms with Crippen molar-refractivity contribution in [2.75, 3.05) is 13.7 Å². The van der Waals surface area contributed by atoms with Gasteiger partial charge in [-0.25, -0.2) is 0 Å². The van der Waals surface area contributed by atoms with Gasteiger partial charge in [0, 0.05) is 6.04 Å². The van der Waals surface area contributed by atoms with E-state index in [1.807, 2.05) is 38.2 Å². The maximum atomic E-state index is 9.33. The summed E-state index contributed by atoms with van der Waals surface area (Å²) in [6, 6.07) is 15.7. The van der Waals surface area contributed by atoms with E-state index in [2.05, 4.69) is 17.4 Å². The number of nitrogens with one attached hydrogen (secondary N) is 1. The zero-order valence-electron chi connectivity index (χ0n) is 12.0.